The molecule has 6 nitrogen and oxygen atoms in total. The molecule has 1 aliphatic heterocycles. The highest BCUT2D eigenvalue weighted by Gasteiger charge is 2.30. The highest BCUT2D eigenvalue weighted by Crippen LogP contribution is 2.21. The number of fused-ring (bicyclic) bond motifs is 1. The normalized spacial score (nSPS) is 17.5. The van der Waals surface area contributed by atoms with E-state index >= 15 is 0 Å². The van der Waals surface area contributed by atoms with Crippen molar-refractivity contribution in [3.8, 4) is 0 Å². The molecule has 1 amide bonds. The maximum atomic E-state index is 12.9. The lowest BCUT2D eigenvalue weighted by molar-refractivity contribution is 0.0715. The Bertz CT molecular complexity index is 930. The summed E-state index contributed by atoms with van der Waals surface area (Å²) >= 11 is 0. The molecule has 24 heavy (non-hydrogen) atoms. The molecule has 0 aliphatic carbocycles. The SMILES string of the molecule is O=C(c1cc2ccccc2c(=O)[nH]1)N1CCCC1Cn1cccn1. The Labute approximate surface area is 138 Å². The van der Waals surface area contributed by atoms with Gasteiger partial charge in [-0.25, -0.2) is 0 Å². The van der Waals surface area contributed by atoms with Crippen LogP contribution in [0, 0.1) is 0 Å². The second-order valence-corrected chi connectivity index (χ2v) is 6.12. The number of carbonyl (C=O) groups excluding carboxylic acids is 1. The number of aromatic nitrogens is 3. The van der Waals surface area contributed by atoms with Gasteiger partial charge in [-0.2, -0.15) is 5.10 Å². The molecule has 1 aromatic carbocycles. The van der Waals surface area contributed by atoms with E-state index in [1.54, 1.807) is 18.3 Å². The highest BCUT2D eigenvalue weighted by atomic mass is 16.2. The number of H-pyrrole nitrogens is 1. The van der Waals surface area contributed by atoms with Gasteiger partial charge in [-0.15, -0.1) is 0 Å². The van der Waals surface area contributed by atoms with Crippen LogP contribution in [0.4, 0.5) is 0 Å². The molecule has 4 rings (SSSR count). The van der Waals surface area contributed by atoms with Crippen LogP contribution in [0.5, 0.6) is 0 Å². The fraction of sp³-hybridized carbons (Fsp3) is 0.278. The molecule has 0 bridgehead atoms. The van der Waals surface area contributed by atoms with Crippen molar-refractivity contribution in [3.05, 3.63) is 64.8 Å². The number of nitrogens with zero attached hydrogens (tertiary/aromatic N) is 3. The van der Waals surface area contributed by atoms with Crippen LogP contribution in [-0.2, 0) is 6.54 Å². The van der Waals surface area contributed by atoms with Crippen LogP contribution in [0.2, 0.25) is 0 Å². The number of likely N-dealkylation sites (tertiary alicyclic amines) is 1. The fourth-order valence-corrected chi connectivity index (χ4v) is 3.40. The minimum atomic E-state index is -0.223. The molecular weight excluding hydrogens is 304 g/mol. The monoisotopic (exact) mass is 322 g/mol. The van der Waals surface area contributed by atoms with E-state index in [9.17, 15) is 9.59 Å². The van der Waals surface area contributed by atoms with Gasteiger partial charge in [0.15, 0.2) is 0 Å². The first kappa shape index (κ1) is 14.7. The first-order chi connectivity index (χ1) is 11.7. The van der Waals surface area contributed by atoms with E-state index in [2.05, 4.69) is 10.1 Å². The summed E-state index contributed by atoms with van der Waals surface area (Å²) < 4.78 is 1.85. The van der Waals surface area contributed by atoms with Crippen molar-refractivity contribution in [1.82, 2.24) is 19.7 Å². The van der Waals surface area contributed by atoms with Crippen LogP contribution in [0.3, 0.4) is 0 Å². The quantitative estimate of drug-likeness (QED) is 0.802. The number of hydrogen-bond donors (Lipinski definition) is 1. The molecule has 6 heteroatoms. The van der Waals surface area contributed by atoms with Gasteiger partial charge in [0.05, 0.1) is 12.6 Å². The van der Waals surface area contributed by atoms with Crippen molar-refractivity contribution >= 4 is 16.7 Å². The minimum absolute atomic E-state index is 0.104. The molecule has 122 valence electrons. The molecule has 1 atom stereocenters. The van der Waals surface area contributed by atoms with Gasteiger partial charge in [-0.1, -0.05) is 18.2 Å². The number of carbonyl (C=O) groups is 1. The molecule has 1 unspecified atom stereocenters. The maximum Gasteiger partial charge on any atom is 0.270 e. The minimum Gasteiger partial charge on any atom is -0.333 e. The van der Waals surface area contributed by atoms with Gasteiger partial charge in [0, 0.05) is 24.3 Å². The van der Waals surface area contributed by atoms with Crippen LogP contribution < -0.4 is 5.56 Å². The fourth-order valence-electron chi connectivity index (χ4n) is 3.40. The summed E-state index contributed by atoms with van der Waals surface area (Å²) in [5.41, 5.74) is 0.130. The number of benzene rings is 1. The maximum absolute atomic E-state index is 12.9. The zero-order valence-corrected chi connectivity index (χ0v) is 13.2. The molecule has 1 saturated heterocycles. The number of hydrogen-bond acceptors (Lipinski definition) is 3. The molecule has 3 heterocycles. The average molecular weight is 322 g/mol. The Hall–Kier alpha value is -2.89. The predicted molar refractivity (Wildman–Crippen MR) is 90.9 cm³/mol. The summed E-state index contributed by atoms with van der Waals surface area (Å²) in [5.74, 6) is -0.118. The Balaban J connectivity index is 1.64. The predicted octanol–water partition coefficient (Wildman–Crippen LogP) is 2.03. The molecule has 0 saturated carbocycles. The third-order valence-electron chi connectivity index (χ3n) is 4.58. The number of amides is 1. The number of aromatic amines is 1. The first-order valence-corrected chi connectivity index (χ1v) is 8.13. The molecule has 3 aromatic rings. The number of nitrogens with one attached hydrogen (secondary N) is 1. The van der Waals surface area contributed by atoms with E-state index in [0.29, 0.717) is 24.2 Å². The summed E-state index contributed by atoms with van der Waals surface area (Å²) in [6, 6.07) is 11.1. The molecular formula is C18H18N4O2. The molecule has 1 N–H and O–H groups in total. The molecule has 0 spiro atoms. The number of pyridine rings is 1. The van der Waals surface area contributed by atoms with E-state index in [1.807, 2.05) is 40.0 Å². The largest absolute Gasteiger partial charge is 0.333 e. The lowest BCUT2D eigenvalue weighted by Crippen LogP contribution is -2.39. The lowest BCUT2D eigenvalue weighted by Gasteiger charge is -2.24. The summed E-state index contributed by atoms with van der Waals surface area (Å²) in [5, 5.41) is 5.61. The van der Waals surface area contributed by atoms with Gasteiger partial charge in [-0.3, -0.25) is 14.3 Å². The van der Waals surface area contributed by atoms with Crippen molar-refractivity contribution in [1.29, 1.82) is 0 Å². The Kier molecular flexibility index (Phi) is 3.65. The molecule has 1 fully saturated rings. The summed E-state index contributed by atoms with van der Waals surface area (Å²) in [6.45, 7) is 1.39. The number of rotatable bonds is 3. The average Bonchev–Trinajstić information content (AvgIpc) is 3.26. The standard InChI is InChI=1S/C18H18N4O2/c23-17-15-7-2-1-5-13(15)11-16(20-17)18(24)22-10-3-6-14(22)12-21-9-4-8-19-21/h1-2,4-5,7-9,11,14H,3,6,10,12H2,(H,20,23). The van der Waals surface area contributed by atoms with Crippen LogP contribution in [0.25, 0.3) is 10.8 Å². The van der Waals surface area contributed by atoms with Gasteiger partial charge >= 0.3 is 0 Å². The molecule has 0 radical (unpaired) electrons. The van der Waals surface area contributed by atoms with E-state index in [-0.39, 0.29) is 17.5 Å². The van der Waals surface area contributed by atoms with E-state index < -0.39 is 0 Å². The lowest BCUT2D eigenvalue weighted by atomic mass is 10.1. The smallest absolute Gasteiger partial charge is 0.270 e. The zero-order chi connectivity index (χ0) is 16.5. The first-order valence-electron chi connectivity index (χ1n) is 8.13. The Morgan fingerprint density at radius 1 is 1.29 bits per heavy atom. The summed E-state index contributed by atoms with van der Waals surface area (Å²) in [4.78, 5) is 29.7. The van der Waals surface area contributed by atoms with Crippen LogP contribution in [-0.4, -0.2) is 38.2 Å². The van der Waals surface area contributed by atoms with Gasteiger partial charge in [-0.05, 0) is 36.4 Å². The third-order valence-corrected chi connectivity index (χ3v) is 4.58. The van der Waals surface area contributed by atoms with Crippen LogP contribution in [0.1, 0.15) is 23.3 Å². The van der Waals surface area contributed by atoms with Crippen LogP contribution >= 0.6 is 0 Å². The third kappa shape index (κ3) is 2.60. The highest BCUT2D eigenvalue weighted by molar-refractivity contribution is 5.96. The van der Waals surface area contributed by atoms with Crippen LogP contribution in [0.15, 0.2) is 53.6 Å². The van der Waals surface area contributed by atoms with E-state index in [0.717, 1.165) is 18.2 Å². The molecule has 2 aromatic heterocycles. The van der Waals surface area contributed by atoms with Gasteiger partial charge in [0.1, 0.15) is 5.69 Å². The summed E-state index contributed by atoms with van der Waals surface area (Å²) in [6.07, 6.45) is 5.56. The van der Waals surface area contributed by atoms with Crippen molar-refractivity contribution in [2.75, 3.05) is 6.54 Å². The van der Waals surface area contributed by atoms with Crippen molar-refractivity contribution < 1.29 is 4.79 Å². The van der Waals surface area contributed by atoms with Crippen molar-refractivity contribution in [3.63, 3.8) is 0 Å². The Morgan fingerprint density at radius 2 is 2.17 bits per heavy atom. The van der Waals surface area contributed by atoms with Gasteiger partial charge in [0.25, 0.3) is 11.5 Å². The van der Waals surface area contributed by atoms with Crippen molar-refractivity contribution in [2.45, 2.75) is 25.4 Å². The van der Waals surface area contributed by atoms with Crippen molar-refractivity contribution in [2.24, 2.45) is 0 Å². The second kappa shape index (κ2) is 5.96. The van der Waals surface area contributed by atoms with E-state index in [4.69, 9.17) is 0 Å². The van der Waals surface area contributed by atoms with Gasteiger partial charge < -0.3 is 9.88 Å². The zero-order valence-electron chi connectivity index (χ0n) is 13.2. The topological polar surface area (TPSA) is 71.0 Å². The van der Waals surface area contributed by atoms with E-state index in [1.165, 1.54) is 0 Å². The Morgan fingerprint density at radius 3 is 3.00 bits per heavy atom. The van der Waals surface area contributed by atoms with Gasteiger partial charge in [0.2, 0.25) is 0 Å². The molecule has 1 aliphatic rings. The summed E-state index contributed by atoms with van der Waals surface area (Å²) in [7, 11) is 0. The second-order valence-electron chi connectivity index (χ2n) is 6.12.